The lowest BCUT2D eigenvalue weighted by molar-refractivity contribution is -0.384. The zero-order valence-electron chi connectivity index (χ0n) is 13.3. The Bertz CT molecular complexity index is 584. The third-order valence-corrected chi connectivity index (χ3v) is 4.97. The van der Waals surface area contributed by atoms with Crippen LogP contribution in [-0.4, -0.2) is 22.6 Å². The number of nitro groups is 1. The molecule has 1 aliphatic carbocycles. The molecule has 1 N–H and O–H groups in total. The number of allylic oxidation sites excluding steroid dienone is 1. The Morgan fingerprint density at radius 2 is 2.09 bits per heavy atom. The van der Waals surface area contributed by atoms with E-state index in [1.165, 1.54) is 42.3 Å². The fraction of sp³-hybridized carbons (Fsp3) is 0.471. The minimum atomic E-state index is -0.426. The Morgan fingerprint density at radius 1 is 1.35 bits per heavy atom. The molecule has 0 bridgehead atoms. The first-order valence-electron chi connectivity index (χ1n) is 7.93. The fourth-order valence-electron chi connectivity index (χ4n) is 2.53. The smallest absolute Gasteiger partial charge is 0.269 e. The van der Waals surface area contributed by atoms with Gasteiger partial charge < -0.3 is 5.32 Å². The van der Waals surface area contributed by atoms with Crippen LogP contribution in [0.15, 0.2) is 40.8 Å². The zero-order valence-corrected chi connectivity index (χ0v) is 14.1. The molecule has 0 heterocycles. The monoisotopic (exact) mass is 334 g/mol. The van der Waals surface area contributed by atoms with Crippen molar-refractivity contribution in [3.05, 3.63) is 46.0 Å². The lowest BCUT2D eigenvalue weighted by atomic mass is 9.97. The Kier molecular flexibility index (Phi) is 6.65. The standard InChI is InChI=1S/C17H22N2O3S/c1-13(23-16-9-7-15(8-10-16)19(21)22)17(20)18-12-11-14-5-3-2-4-6-14/h5,7-10,13H,2-4,6,11-12H2,1H3,(H,18,20). The van der Waals surface area contributed by atoms with Gasteiger partial charge in [0.1, 0.15) is 0 Å². The number of hydrogen-bond donors (Lipinski definition) is 1. The number of hydrogen-bond acceptors (Lipinski definition) is 4. The Labute approximate surface area is 140 Å². The molecule has 0 spiro atoms. The highest BCUT2D eigenvalue weighted by atomic mass is 32.2. The number of amides is 1. The van der Waals surface area contributed by atoms with Crippen LogP contribution in [0.2, 0.25) is 0 Å². The van der Waals surface area contributed by atoms with E-state index < -0.39 is 4.92 Å². The zero-order chi connectivity index (χ0) is 16.7. The molecular formula is C17H22N2O3S. The molecule has 1 aromatic rings. The number of nitrogens with zero attached hydrogens (tertiary/aromatic N) is 1. The van der Waals surface area contributed by atoms with Crippen LogP contribution in [0.3, 0.4) is 0 Å². The molecule has 6 heteroatoms. The van der Waals surface area contributed by atoms with E-state index in [1.54, 1.807) is 12.1 Å². The number of nitro benzene ring substituents is 1. The van der Waals surface area contributed by atoms with E-state index in [2.05, 4.69) is 11.4 Å². The van der Waals surface area contributed by atoms with Crippen LogP contribution >= 0.6 is 11.8 Å². The second-order valence-corrected chi connectivity index (χ2v) is 7.07. The van der Waals surface area contributed by atoms with E-state index in [0.717, 1.165) is 24.2 Å². The summed E-state index contributed by atoms with van der Waals surface area (Å²) in [6.07, 6.45) is 8.08. The van der Waals surface area contributed by atoms with Gasteiger partial charge in [0.25, 0.3) is 5.69 Å². The van der Waals surface area contributed by atoms with Crippen molar-refractivity contribution in [2.24, 2.45) is 0 Å². The van der Waals surface area contributed by atoms with Crippen molar-refractivity contribution in [3.63, 3.8) is 0 Å². The molecule has 5 nitrogen and oxygen atoms in total. The minimum absolute atomic E-state index is 0.00441. The Hall–Kier alpha value is -1.82. The van der Waals surface area contributed by atoms with Gasteiger partial charge in [-0.15, -0.1) is 11.8 Å². The first kappa shape index (κ1) is 17.5. The van der Waals surface area contributed by atoms with Gasteiger partial charge in [0.05, 0.1) is 10.2 Å². The molecule has 2 rings (SSSR count). The number of benzene rings is 1. The summed E-state index contributed by atoms with van der Waals surface area (Å²) in [7, 11) is 0. The van der Waals surface area contributed by atoms with Crippen molar-refractivity contribution < 1.29 is 9.72 Å². The highest BCUT2D eigenvalue weighted by molar-refractivity contribution is 8.00. The summed E-state index contributed by atoms with van der Waals surface area (Å²) < 4.78 is 0. The van der Waals surface area contributed by atoms with Gasteiger partial charge in [0.15, 0.2) is 0 Å². The van der Waals surface area contributed by atoms with Crippen LogP contribution in [0.1, 0.15) is 39.0 Å². The second-order valence-electron chi connectivity index (χ2n) is 5.66. The SMILES string of the molecule is CC(Sc1ccc([N+](=O)[O-])cc1)C(=O)NCCC1=CCCCC1. The number of thioether (sulfide) groups is 1. The topological polar surface area (TPSA) is 72.2 Å². The quantitative estimate of drug-likeness (QED) is 0.353. The van der Waals surface area contributed by atoms with E-state index in [1.807, 2.05) is 6.92 Å². The number of non-ortho nitro benzene ring substituents is 1. The number of carbonyl (C=O) groups excluding carboxylic acids is 1. The second kappa shape index (κ2) is 8.72. The molecule has 23 heavy (non-hydrogen) atoms. The number of nitrogens with one attached hydrogen (secondary N) is 1. The molecule has 0 fully saturated rings. The number of carbonyl (C=O) groups is 1. The third-order valence-electron chi connectivity index (χ3n) is 3.86. The molecular weight excluding hydrogens is 312 g/mol. The van der Waals surface area contributed by atoms with E-state index in [4.69, 9.17) is 0 Å². The average molecular weight is 334 g/mol. The van der Waals surface area contributed by atoms with Gasteiger partial charge in [-0.1, -0.05) is 11.6 Å². The van der Waals surface area contributed by atoms with Crippen molar-refractivity contribution in [1.82, 2.24) is 5.32 Å². The van der Waals surface area contributed by atoms with Gasteiger partial charge in [0, 0.05) is 23.6 Å². The summed E-state index contributed by atoms with van der Waals surface area (Å²) in [6, 6.07) is 6.28. The maximum absolute atomic E-state index is 12.1. The summed E-state index contributed by atoms with van der Waals surface area (Å²) in [5.74, 6) is 0.00441. The van der Waals surface area contributed by atoms with E-state index >= 15 is 0 Å². The average Bonchev–Trinajstić information content (AvgIpc) is 2.56. The van der Waals surface area contributed by atoms with Gasteiger partial charge in [-0.25, -0.2) is 0 Å². The van der Waals surface area contributed by atoms with Crippen LogP contribution < -0.4 is 5.32 Å². The van der Waals surface area contributed by atoms with Gasteiger partial charge in [-0.3, -0.25) is 14.9 Å². The molecule has 0 aromatic heterocycles. The van der Waals surface area contributed by atoms with Crippen LogP contribution in [0, 0.1) is 10.1 Å². The molecule has 124 valence electrons. The lowest BCUT2D eigenvalue weighted by Crippen LogP contribution is -2.31. The molecule has 1 aromatic carbocycles. The number of rotatable bonds is 7. The van der Waals surface area contributed by atoms with Gasteiger partial charge in [-0.05, 0) is 51.2 Å². The summed E-state index contributed by atoms with van der Waals surface area (Å²) in [6.45, 7) is 2.52. The molecule has 0 saturated heterocycles. The first-order valence-corrected chi connectivity index (χ1v) is 8.81. The third kappa shape index (κ3) is 5.71. The Morgan fingerprint density at radius 3 is 2.70 bits per heavy atom. The predicted octanol–water partition coefficient (Wildman–Crippen LogP) is 4.08. The van der Waals surface area contributed by atoms with E-state index in [0.29, 0.717) is 6.54 Å². The van der Waals surface area contributed by atoms with Gasteiger partial charge in [0.2, 0.25) is 5.91 Å². The van der Waals surface area contributed by atoms with E-state index in [-0.39, 0.29) is 16.8 Å². The lowest BCUT2D eigenvalue weighted by Gasteiger charge is -2.15. The fourth-order valence-corrected chi connectivity index (χ4v) is 3.42. The van der Waals surface area contributed by atoms with Crippen molar-refractivity contribution in [2.45, 2.75) is 49.2 Å². The van der Waals surface area contributed by atoms with Crippen molar-refractivity contribution in [1.29, 1.82) is 0 Å². The molecule has 1 amide bonds. The molecule has 1 atom stereocenters. The van der Waals surface area contributed by atoms with Crippen LogP contribution in [0.5, 0.6) is 0 Å². The molecule has 0 aliphatic heterocycles. The van der Waals surface area contributed by atoms with Crippen molar-refractivity contribution in [2.75, 3.05) is 6.54 Å². The van der Waals surface area contributed by atoms with Gasteiger partial charge >= 0.3 is 0 Å². The summed E-state index contributed by atoms with van der Waals surface area (Å²) in [4.78, 5) is 23.2. The molecule has 1 unspecified atom stereocenters. The summed E-state index contributed by atoms with van der Waals surface area (Å²) in [5, 5.41) is 13.4. The van der Waals surface area contributed by atoms with Gasteiger partial charge in [-0.2, -0.15) is 0 Å². The summed E-state index contributed by atoms with van der Waals surface area (Å²) in [5.41, 5.74) is 1.51. The van der Waals surface area contributed by atoms with E-state index in [9.17, 15) is 14.9 Å². The van der Waals surface area contributed by atoms with Crippen molar-refractivity contribution >= 4 is 23.4 Å². The van der Waals surface area contributed by atoms with Crippen molar-refractivity contribution in [3.8, 4) is 0 Å². The maximum Gasteiger partial charge on any atom is 0.269 e. The maximum atomic E-state index is 12.1. The highest BCUT2D eigenvalue weighted by Gasteiger charge is 2.15. The molecule has 1 aliphatic rings. The minimum Gasteiger partial charge on any atom is -0.355 e. The normalized spacial score (nSPS) is 15.6. The first-order chi connectivity index (χ1) is 11.1. The Balaban J connectivity index is 1.75. The summed E-state index contributed by atoms with van der Waals surface area (Å²) >= 11 is 1.41. The predicted molar refractivity (Wildman–Crippen MR) is 92.6 cm³/mol. The largest absolute Gasteiger partial charge is 0.355 e. The molecule has 0 saturated carbocycles. The van der Waals surface area contributed by atoms with Crippen LogP contribution in [-0.2, 0) is 4.79 Å². The highest BCUT2D eigenvalue weighted by Crippen LogP contribution is 2.25. The van der Waals surface area contributed by atoms with Crippen LogP contribution in [0.25, 0.3) is 0 Å². The molecule has 0 radical (unpaired) electrons. The van der Waals surface area contributed by atoms with Crippen LogP contribution in [0.4, 0.5) is 5.69 Å².